The predicted octanol–water partition coefficient (Wildman–Crippen LogP) is 4.60. The summed E-state index contributed by atoms with van der Waals surface area (Å²) in [5, 5.41) is 0. The Hall–Kier alpha value is 0. The summed E-state index contributed by atoms with van der Waals surface area (Å²) in [6.45, 7) is 17.1. The molecule has 0 radical (unpaired) electrons. The van der Waals surface area contributed by atoms with E-state index in [-0.39, 0.29) is 0 Å². The van der Waals surface area contributed by atoms with E-state index in [2.05, 4.69) is 48.5 Å². The largest absolute Gasteiger partial charge is 0.0625 e. The van der Waals surface area contributed by atoms with Crippen molar-refractivity contribution in [3.8, 4) is 0 Å². The normalized spacial score (nSPS) is 43.9. The summed E-state index contributed by atoms with van der Waals surface area (Å²) < 4.78 is 0. The summed E-state index contributed by atoms with van der Waals surface area (Å²) in [5.74, 6) is 4.37. The lowest BCUT2D eigenvalue weighted by Gasteiger charge is -2.42. The SMILES string of the molecule is CC(C)C1C(C)CC(C)C1(C)C(C)C. The average Bonchev–Trinajstić information content (AvgIpc) is 2.23. The predicted molar refractivity (Wildman–Crippen MR) is 64.2 cm³/mol. The maximum atomic E-state index is 2.52. The zero-order chi connectivity index (χ0) is 11.1. The van der Waals surface area contributed by atoms with Crippen LogP contribution < -0.4 is 0 Å². The third-order valence-corrected chi connectivity index (χ3v) is 5.08. The van der Waals surface area contributed by atoms with Crippen LogP contribution >= 0.6 is 0 Å². The van der Waals surface area contributed by atoms with Gasteiger partial charge in [-0.05, 0) is 41.4 Å². The Balaban J connectivity index is 3.00. The van der Waals surface area contributed by atoms with Gasteiger partial charge in [-0.3, -0.25) is 0 Å². The van der Waals surface area contributed by atoms with Crippen molar-refractivity contribution in [1.82, 2.24) is 0 Å². The highest BCUT2D eigenvalue weighted by Crippen LogP contribution is 2.57. The zero-order valence-corrected chi connectivity index (χ0v) is 11.1. The molecule has 4 atom stereocenters. The zero-order valence-electron chi connectivity index (χ0n) is 11.1. The van der Waals surface area contributed by atoms with E-state index in [0.29, 0.717) is 5.41 Å². The standard InChI is InChI=1S/C14H28/c1-9(2)13-11(5)8-12(6)14(13,7)10(3)4/h9-13H,8H2,1-7H3. The molecule has 0 amide bonds. The van der Waals surface area contributed by atoms with Crippen LogP contribution in [-0.4, -0.2) is 0 Å². The quantitative estimate of drug-likeness (QED) is 0.605. The summed E-state index contributed by atoms with van der Waals surface area (Å²) in [6, 6.07) is 0. The molecule has 0 heterocycles. The molecule has 1 saturated carbocycles. The van der Waals surface area contributed by atoms with Gasteiger partial charge in [-0.2, -0.15) is 0 Å². The van der Waals surface area contributed by atoms with Crippen LogP contribution in [0.5, 0.6) is 0 Å². The van der Waals surface area contributed by atoms with Crippen LogP contribution in [0.2, 0.25) is 0 Å². The first-order valence-electron chi connectivity index (χ1n) is 6.31. The first-order valence-corrected chi connectivity index (χ1v) is 6.31. The van der Waals surface area contributed by atoms with E-state index in [4.69, 9.17) is 0 Å². The van der Waals surface area contributed by atoms with Gasteiger partial charge in [0.1, 0.15) is 0 Å². The van der Waals surface area contributed by atoms with E-state index < -0.39 is 0 Å². The van der Waals surface area contributed by atoms with Crippen LogP contribution in [0.3, 0.4) is 0 Å². The first-order chi connectivity index (χ1) is 6.31. The Bertz CT molecular complexity index is 192. The van der Waals surface area contributed by atoms with Crippen LogP contribution in [0.1, 0.15) is 54.9 Å². The Morgan fingerprint density at radius 3 is 1.86 bits per heavy atom. The van der Waals surface area contributed by atoms with Crippen molar-refractivity contribution in [3.05, 3.63) is 0 Å². The van der Waals surface area contributed by atoms with Gasteiger partial charge in [0.25, 0.3) is 0 Å². The van der Waals surface area contributed by atoms with Gasteiger partial charge in [-0.15, -0.1) is 0 Å². The topological polar surface area (TPSA) is 0 Å². The summed E-state index contributed by atoms with van der Waals surface area (Å²) in [7, 11) is 0. The minimum Gasteiger partial charge on any atom is -0.0625 e. The highest BCUT2D eigenvalue weighted by Gasteiger charge is 2.50. The van der Waals surface area contributed by atoms with E-state index in [1.54, 1.807) is 0 Å². The molecule has 1 fully saturated rings. The minimum atomic E-state index is 0.563. The molecule has 0 nitrogen and oxygen atoms in total. The molecule has 84 valence electrons. The van der Waals surface area contributed by atoms with E-state index in [1.165, 1.54) is 6.42 Å². The molecule has 0 aliphatic heterocycles. The maximum absolute atomic E-state index is 2.52. The van der Waals surface area contributed by atoms with Gasteiger partial charge in [0.2, 0.25) is 0 Å². The summed E-state index contributed by atoms with van der Waals surface area (Å²) in [6.07, 6.45) is 1.43. The van der Waals surface area contributed by atoms with Gasteiger partial charge in [0.15, 0.2) is 0 Å². The molecular weight excluding hydrogens is 168 g/mol. The summed E-state index contributed by atoms with van der Waals surface area (Å²) >= 11 is 0. The van der Waals surface area contributed by atoms with E-state index in [0.717, 1.165) is 29.6 Å². The summed E-state index contributed by atoms with van der Waals surface area (Å²) in [4.78, 5) is 0. The van der Waals surface area contributed by atoms with Crippen LogP contribution in [0.15, 0.2) is 0 Å². The average molecular weight is 196 g/mol. The molecule has 0 saturated heterocycles. The van der Waals surface area contributed by atoms with Crippen molar-refractivity contribution >= 4 is 0 Å². The highest BCUT2D eigenvalue weighted by atomic mass is 14.5. The monoisotopic (exact) mass is 196 g/mol. The molecule has 4 unspecified atom stereocenters. The van der Waals surface area contributed by atoms with Gasteiger partial charge in [-0.1, -0.05) is 48.5 Å². The van der Waals surface area contributed by atoms with Gasteiger partial charge in [0.05, 0.1) is 0 Å². The molecule has 1 aliphatic rings. The van der Waals surface area contributed by atoms with Crippen molar-refractivity contribution in [2.75, 3.05) is 0 Å². The molecule has 14 heavy (non-hydrogen) atoms. The van der Waals surface area contributed by atoms with Crippen LogP contribution in [0.25, 0.3) is 0 Å². The van der Waals surface area contributed by atoms with Gasteiger partial charge in [0, 0.05) is 0 Å². The van der Waals surface area contributed by atoms with E-state index >= 15 is 0 Å². The van der Waals surface area contributed by atoms with Crippen molar-refractivity contribution < 1.29 is 0 Å². The Kier molecular flexibility index (Phi) is 3.33. The smallest absolute Gasteiger partial charge is 0.0244 e. The fraction of sp³-hybridized carbons (Fsp3) is 1.00. The number of hydrogen-bond acceptors (Lipinski definition) is 0. The highest BCUT2D eigenvalue weighted by molar-refractivity contribution is 4.99. The molecule has 1 aliphatic carbocycles. The van der Waals surface area contributed by atoms with Crippen molar-refractivity contribution in [3.63, 3.8) is 0 Å². The van der Waals surface area contributed by atoms with Gasteiger partial charge in [-0.25, -0.2) is 0 Å². The molecule has 0 spiro atoms. The molecule has 0 aromatic carbocycles. The molecule has 0 bridgehead atoms. The van der Waals surface area contributed by atoms with Crippen molar-refractivity contribution in [2.24, 2.45) is 35.0 Å². The van der Waals surface area contributed by atoms with Crippen LogP contribution in [0.4, 0.5) is 0 Å². The lowest BCUT2D eigenvalue weighted by atomic mass is 9.62. The first kappa shape index (κ1) is 12.1. The summed E-state index contributed by atoms with van der Waals surface area (Å²) in [5.41, 5.74) is 0.563. The minimum absolute atomic E-state index is 0.563. The molecular formula is C14H28. The Morgan fingerprint density at radius 1 is 1.07 bits per heavy atom. The molecule has 0 N–H and O–H groups in total. The second-order valence-corrected chi connectivity index (χ2v) is 6.40. The fourth-order valence-corrected chi connectivity index (χ4v) is 4.23. The molecule has 0 aromatic heterocycles. The van der Waals surface area contributed by atoms with Crippen LogP contribution in [-0.2, 0) is 0 Å². The number of hydrogen-bond donors (Lipinski definition) is 0. The lowest BCUT2D eigenvalue weighted by Crippen LogP contribution is -2.37. The third kappa shape index (κ3) is 1.61. The third-order valence-electron chi connectivity index (χ3n) is 5.08. The maximum Gasteiger partial charge on any atom is -0.0244 e. The molecule has 0 aromatic rings. The molecule has 1 rings (SSSR count). The molecule has 0 heteroatoms. The van der Waals surface area contributed by atoms with E-state index in [1.807, 2.05) is 0 Å². The fourth-order valence-electron chi connectivity index (χ4n) is 4.23. The second kappa shape index (κ2) is 3.87. The second-order valence-electron chi connectivity index (χ2n) is 6.40. The Labute approximate surface area is 90.5 Å². The number of rotatable bonds is 2. The Morgan fingerprint density at radius 2 is 1.57 bits per heavy atom. The van der Waals surface area contributed by atoms with Gasteiger partial charge < -0.3 is 0 Å². The van der Waals surface area contributed by atoms with Crippen LogP contribution in [0, 0.1) is 35.0 Å². The van der Waals surface area contributed by atoms with Gasteiger partial charge >= 0.3 is 0 Å². The lowest BCUT2D eigenvalue weighted by molar-refractivity contribution is 0.0566. The van der Waals surface area contributed by atoms with Crippen molar-refractivity contribution in [1.29, 1.82) is 0 Å². The van der Waals surface area contributed by atoms with Crippen molar-refractivity contribution in [2.45, 2.75) is 54.9 Å². The van der Waals surface area contributed by atoms with E-state index in [9.17, 15) is 0 Å².